The van der Waals surface area contributed by atoms with E-state index in [2.05, 4.69) is 24.8 Å². The number of rotatable bonds is 4. The molecule has 3 heterocycles. The fourth-order valence-electron chi connectivity index (χ4n) is 4.02. The monoisotopic (exact) mass is 325 g/mol. The number of aryl methyl sites for hydroxylation is 2. The zero-order valence-electron chi connectivity index (χ0n) is 14.3. The van der Waals surface area contributed by atoms with Crippen molar-refractivity contribution in [3.63, 3.8) is 0 Å². The van der Waals surface area contributed by atoms with Gasteiger partial charge in [0.15, 0.2) is 0 Å². The minimum Gasteiger partial charge on any atom is -0.463 e. The van der Waals surface area contributed by atoms with E-state index in [1.807, 2.05) is 26.2 Å². The number of nitrogens with zero attached hydrogens (tertiary/aromatic N) is 5. The van der Waals surface area contributed by atoms with E-state index in [9.17, 15) is 0 Å². The van der Waals surface area contributed by atoms with Gasteiger partial charge in [-0.1, -0.05) is 6.42 Å². The van der Waals surface area contributed by atoms with Gasteiger partial charge in [-0.2, -0.15) is 0 Å². The second-order valence-electron chi connectivity index (χ2n) is 7.22. The molecule has 126 valence electrons. The van der Waals surface area contributed by atoms with Gasteiger partial charge in [0.2, 0.25) is 5.95 Å². The van der Waals surface area contributed by atoms with Crippen molar-refractivity contribution < 1.29 is 4.74 Å². The van der Waals surface area contributed by atoms with E-state index >= 15 is 0 Å². The van der Waals surface area contributed by atoms with Crippen LogP contribution < -0.4 is 9.64 Å². The lowest BCUT2D eigenvalue weighted by molar-refractivity contribution is 0.130. The summed E-state index contributed by atoms with van der Waals surface area (Å²) in [6.07, 6.45) is 11.1. The molecule has 0 N–H and O–H groups in total. The molecule has 6 nitrogen and oxygen atoms in total. The van der Waals surface area contributed by atoms with Gasteiger partial charge in [-0.3, -0.25) is 0 Å². The molecular weight excluding hydrogens is 302 g/mol. The molecule has 1 saturated carbocycles. The maximum atomic E-state index is 5.96. The van der Waals surface area contributed by atoms with E-state index < -0.39 is 0 Å². The second kappa shape index (κ2) is 6.00. The van der Waals surface area contributed by atoms with Crippen LogP contribution in [0.25, 0.3) is 0 Å². The third-order valence-electron chi connectivity index (χ3n) is 5.34. The Morgan fingerprint density at radius 1 is 1.08 bits per heavy atom. The highest BCUT2D eigenvalue weighted by Gasteiger charge is 2.50. The SMILES string of the molecule is Cc1cnc(OCC23CCCC2CN(c2ncc(C)cn2)C3)nc1. The highest BCUT2D eigenvalue weighted by molar-refractivity contribution is 5.34. The van der Waals surface area contributed by atoms with Crippen LogP contribution in [0.5, 0.6) is 6.01 Å². The van der Waals surface area contributed by atoms with Crippen LogP contribution in [0, 0.1) is 25.2 Å². The van der Waals surface area contributed by atoms with Crippen LogP contribution in [0.4, 0.5) is 5.95 Å². The minimum absolute atomic E-state index is 0.169. The number of aromatic nitrogens is 4. The summed E-state index contributed by atoms with van der Waals surface area (Å²) in [4.78, 5) is 19.8. The minimum atomic E-state index is 0.169. The van der Waals surface area contributed by atoms with Crippen LogP contribution in [0.3, 0.4) is 0 Å². The van der Waals surface area contributed by atoms with Crippen LogP contribution in [-0.4, -0.2) is 39.6 Å². The molecule has 4 rings (SSSR count). The average Bonchev–Trinajstić information content (AvgIpc) is 3.12. The smallest absolute Gasteiger partial charge is 0.316 e. The summed E-state index contributed by atoms with van der Waals surface area (Å²) in [6.45, 7) is 6.63. The molecule has 0 aromatic carbocycles. The molecule has 0 radical (unpaired) electrons. The first-order valence-electron chi connectivity index (χ1n) is 8.60. The van der Waals surface area contributed by atoms with Crippen LogP contribution in [0.2, 0.25) is 0 Å². The van der Waals surface area contributed by atoms with Crippen molar-refractivity contribution in [1.29, 1.82) is 0 Å². The van der Waals surface area contributed by atoms with Crippen molar-refractivity contribution in [3.05, 3.63) is 35.9 Å². The van der Waals surface area contributed by atoms with Crippen molar-refractivity contribution in [2.75, 3.05) is 24.6 Å². The van der Waals surface area contributed by atoms with Gasteiger partial charge in [0.05, 0.1) is 6.61 Å². The lowest BCUT2D eigenvalue weighted by Crippen LogP contribution is -2.34. The van der Waals surface area contributed by atoms with Crippen LogP contribution >= 0.6 is 0 Å². The molecule has 2 aromatic rings. The Morgan fingerprint density at radius 3 is 2.46 bits per heavy atom. The first kappa shape index (κ1) is 15.3. The Labute approximate surface area is 142 Å². The Bertz CT molecular complexity index is 702. The van der Waals surface area contributed by atoms with Gasteiger partial charge in [-0.15, -0.1) is 0 Å². The lowest BCUT2D eigenvalue weighted by Gasteiger charge is -2.28. The Morgan fingerprint density at radius 2 is 1.75 bits per heavy atom. The van der Waals surface area contributed by atoms with E-state index in [0.717, 1.165) is 30.2 Å². The van der Waals surface area contributed by atoms with E-state index in [0.29, 0.717) is 18.5 Å². The van der Waals surface area contributed by atoms with E-state index in [1.54, 1.807) is 12.4 Å². The predicted molar refractivity (Wildman–Crippen MR) is 91.0 cm³/mol. The summed E-state index contributed by atoms with van der Waals surface area (Å²) < 4.78 is 5.96. The zero-order valence-corrected chi connectivity index (χ0v) is 14.3. The fraction of sp³-hybridized carbons (Fsp3) is 0.556. The van der Waals surface area contributed by atoms with Gasteiger partial charge < -0.3 is 9.64 Å². The second-order valence-corrected chi connectivity index (χ2v) is 7.22. The van der Waals surface area contributed by atoms with Gasteiger partial charge in [-0.05, 0) is 43.7 Å². The Balaban J connectivity index is 1.48. The molecule has 0 spiro atoms. The molecule has 2 aromatic heterocycles. The topological polar surface area (TPSA) is 64.0 Å². The molecule has 2 unspecified atom stereocenters. The Kier molecular flexibility index (Phi) is 3.82. The van der Waals surface area contributed by atoms with E-state index in [4.69, 9.17) is 4.74 Å². The van der Waals surface area contributed by atoms with Gasteiger partial charge in [-0.25, -0.2) is 19.9 Å². The largest absolute Gasteiger partial charge is 0.463 e. The number of hydrogen-bond donors (Lipinski definition) is 0. The van der Waals surface area contributed by atoms with Crippen molar-refractivity contribution in [2.45, 2.75) is 33.1 Å². The number of ether oxygens (including phenoxy) is 1. The first-order chi connectivity index (χ1) is 11.6. The average molecular weight is 325 g/mol. The van der Waals surface area contributed by atoms with Gasteiger partial charge in [0, 0.05) is 43.3 Å². The number of fused-ring (bicyclic) bond motifs is 1. The van der Waals surface area contributed by atoms with Gasteiger partial charge >= 0.3 is 6.01 Å². The highest BCUT2D eigenvalue weighted by atomic mass is 16.5. The molecule has 0 bridgehead atoms. The van der Waals surface area contributed by atoms with Gasteiger partial charge in [0.25, 0.3) is 0 Å². The summed E-state index contributed by atoms with van der Waals surface area (Å²) in [5.41, 5.74) is 2.30. The standard InChI is InChI=1S/C18H23N5O/c1-13-6-19-16(20-7-13)23-10-15-4-3-5-18(15,11-23)12-24-17-21-8-14(2)9-22-17/h6-9,15H,3-5,10-12H2,1-2H3. The molecule has 2 atom stereocenters. The van der Waals surface area contributed by atoms with Crippen LogP contribution in [0.15, 0.2) is 24.8 Å². The van der Waals surface area contributed by atoms with Gasteiger partial charge in [0.1, 0.15) is 0 Å². The normalized spacial score (nSPS) is 25.8. The Hall–Kier alpha value is -2.24. The molecule has 24 heavy (non-hydrogen) atoms. The molecule has 2 fully saturated rings. The van der Waals surface area contributed by atoms with Crippen LogP contribution in [-0.2, 0) is 0 Å². The molecule has 2 aliphatic rings. The quantitative estimate of drug-likeness (QED) is 0.861. The van der Waals surface area contributed by atoms with E-state index in [1.165, 1.54) is 19.3 Å². The van der Waals surface area contributed by atoms with Crippen molar-refractivity contribution in [3.8, 4) is 6.01 Å². The summed E-state index contributed by atoms with van der Waals surface area (Å²) in [7, 11) is 0. The molecular formula is C18H23N5O. The fourth-order valence-corrected chi connectivity index (χ4v) is 4.02. The maximum absolute atomic E-state index is 5.96. The summed E-state index contributed by atoms with van der Waals surface area (Å²) in [5, 5.41) is 0. The molecule has 1 aliphatic carbocycles. The van der Waals surface area contributed by atoms with Crippen molar-refractivity contribution in [1.82, 2.24) is 19.9 Å². The number of hydrogen-bond acceptors (Lipinski definition) is 6. The summed E-state index contributed by atoms with van der Waals surface area (Å²) in [5.74, 6) is 1.47. The molecule has 1 saturated heterocycles. The van der Waals surface area contributed by atoms with Crippen LogP contribution in [0.1, 0.15) is 30.4 Å². The predicted octanol–water partition coefficient (Wildman–Crippen LogP) is 2.57. The molecule has 6 heteroatoms. The zero-order chi connectivity index (χ0) is 16.6. The molecule has 1 aliphatic heterocycles. The number of anilines is 1. The van der Waals surface area contributed by atoms with Crippen molar-refractivity contribution >= 4 is 5.95 Å². The lowest BCUT2D eigenvalue weighted by atomic mass is 9.82. The third kappa shape index (κ3) is 2.81. The first-order valence-corrected chi connectivity index (χ1v) is 8.60. The summed E-state index contributed by atoms with van der Waals surface area (Å²) >= 11 is 0. The third-order valence-corrected chi connectivity index (χ3v) is 5.34. The molecule has 0 amide bonds. The summed E-state index contributed by atoms with van der Waals surface area (Å²) in [6, 6.07) is 0.477. The highest BCUT2D eigenvalue weighted by Crippen LogP contribution is 2.49. The van der Waals surface area contributed by atoms with E-state index in [-0.39, 0.29) is 5.41 Å². The van der Waals surface area contributed by atoms with Crippen molar-refractivity contribution in [2.24, 2.45) is 11.3 Å². The maximum Gasteiger partial charge on any atom is 0.316 e.